The summed E-state index contributed by atoms with van der Waals surface area (Å²) in [4.78, 5) is 0. The summed E-state index contributed by atoms with van der Waals surface area (Å²) in [5.41, 5.74) is 1.56. The van der Waals surface area contributed by atoms with Gasteiger partial charge in [-0.05, 0) is 25.7 Å². The lowest BCUT2D eigenvalue weighted by Gasteiger charge is -2.42. The maximum atomic E-state index is 2.60. The van der Waals surface area contributed by atoms with Crippen LogP contribution in [0.4, 0.5) is 0 Å². The van der Waals surface area contributed by atoms with Crippen LogP contribution in [0.3, 0.4) is 0 Å². The molecule has 1 heteroatoms. The fraction of sp³-hybridized carbons (Fsp3) is 0.872. The molecule has 0 amide bonds. The van der Waals surface area contributed by atoms with Crippen molar-refractivity contribution in [1.82, 2.24) is 0 Å². The molecule has 0 N–H and O–H groups in total. The summed E-state index contributed by atoms with van der Waals surface area (Å²) in [6.45, 7) is 9.76. The van der Waals surface area contributed by atoms with Gasteiger partial charge in [-0.15, -0.1) is 0 Å². The molecule has 0 saturated carbocycles. The minimum absolute atomic E-state index is 0.642. The second-order valence-electron chi connectivity index (χ2n) is 16.2. The van der Waals surface area contributed by atoms with Crippen LogP contribution in [0.5, 0.6) is 0 Å². The van der Waals surface area contributed by atoms with E-state index in [0.29, 0.717) is 6.04 Å². The predicted molar refractivity (Wildman–Crippen MR) is 219 cm³/mol. The summed E-state index contributed by atoms with van der Waals surface area (Å²) in [7, 11) is 2.60. The minimum Gasteiger partial charge on any atom is -0.320 e. The van der Waals surface area contributed by atoms with Crippen LogP contribution in [0.1, 0.15) is 251 Å². The molecule has 0 saturated heterocycles. The number of hydrogen-bond donors (Lipinski definition) is 0. The van der Waals surface area contributed by atoms with Crippen LogP contribution in [-0.2, 0) is 0 Å². The largest absolute Gasteiger partial charge is 0.320 e. The van der Waals surface area contributed by atoms with Crippen molar-refractivity contribution >= 4 is 0 Å². The van der Waals surface area contributed by atoms with Gasteiger partial charge < -0.3 is 4.48 Å². The molecule has 0 aliphatic rings. The lowest BCUT2D eigenvalue weighted by molar-refractivity contribution is -0.940. The Labute approximate surface area is 304 Å². The summed E-state index contributed by atoms with van der Waals surface area (Å²) in [5, 5.41) is 0. The van der Waals surface area contributed by atoms with Crippen molar-refractivity contribution in [3.8, 4) is 0 Å². The Balaban J connectivity index is 2.17. The van der Waals surface area contributed by atoms with Crippen molar-refractivity contribution in [2.45, 2.75) is 245 Å². The molecular weight excluding hydrogens is 579 g/mol. The Hall–Kier alpha value is -0.820. The standard InChI is InChI=1S/C47H90N/c1-5-8-10-12-14-16-18-20-22-24-26-28-30-32-34-36-41-45-48(4,47(7-3)46-42-38-37-39-43-46)44-40-35-33-31-29-27-25-23-21-19-17-15-13-11-9-6-2/h37-39,42-43,47H,5-36,40-41,44-45H2,1-4H3/q+1. The summed E-state index contributed by atoms with van der Waals surface area (Å²) in [5.74, 6) is 0. The van der Waals surface area contributed by atoms with Crippen LogP contribution in [0.15, 0.2) is 30.3 Å². The fourth-order valence-electron chi connectivity index (χ4n) is 8.35. The lowest BCUT2D eigenvalue weighted by atomic mass is 9.98. The van der Waals surface area contributed by atoms with E-state index in [1.807, 2.05) is 0 Å². The highest BCUT2D eigenvalue weighted by Crippen LogP contribution is 2.32. The van der Waals surface area contributed by atoms with E-state index in [0.717, 1.165) is 0 Å². The second kappa shape index (κ2) is 34.6. The summed E-state index contributed by atoms with van der Waals surface area (Å²) in [6.07, 6.45) is 49.2. The van der Waals surface area contributed by atoms with Gasteiger partial charge in [-0.25, -0.2) is 0 Å². The highest BCUT2D eigenvalue weighted by molar-refractivity contribution is 5.17. The van der Waals surface area contributed by atoms with E-state index < -0.39 is 0 Å². The molecule has 2 unspecified atom stereocenters. The van der Waals surface area contributed by atoms with E-state index in [-0.39, 0.29) is 0 Å². The van der Waals surface area contributed by atoms with Gasteiger partial charge in [0.2, 0.25) is 0 Å². The number of nitrogens with zero attached hydrogens (tertiary/aromatic N) is 1. The van der Waals surface area contributed by atoms with Gasteiger partial charge in [0.15, 0.2) is 0 Å². The fourth-order valence-corrected chi connectivity index (χ4v) is 8.35. The van der Waals surface area contributed by atoms with Crippen molar-refractivity contribution < 1.29 is 4.48 Å². The van der Waals surface area contributed by atoms with Crippen molar-refractivity contribution in [3.63, 3.8) is 0 Å². The van der Waals surface area contributed by atoms with Crippen molar-refractivity contribution in [2.75, 3.05) is 20.1 Å². The Morgan fingerprint density at radius 1 is 0.354 bits per heavy atom. The molecular formula is C47H90N+. The van der Waals surface area contributed by atoms with Crippen LogP contribution in [0.25, 0.3) is 0 Å². The van der Waals surface area contributed by atoms with E-state index in [4.69, 9.17) is 0 Å². The summed E-state index contributed by atoms with van der Waals surface area (Å²) in [6, 6.07) is 12.1. The SMILES string of the molecule is CCCCCCCCCCCCCCCCCCC[N+](C)(CCCCCCCCCCCCCCCCCC)C(CC)c1ccccc1. The van der Waals surface area contributed by atoms with Gasteiger partial charge in [-0.2, -0.15) is 0 Å². The molecule has 0 radical (unpaired) electrons. The molecule has 0 spiro atoms. The second-order valence-corrected chi connectivity index (χ2v) is 16.2. The minimum atomic E-state index is 0.642. The summed E-state index contributed by atoms with van der Waals surface area (Å²) < 4.78 is 1.25. The lowest BCUT2D eigenvalue weighted by Crippen LogP contribution is -2.48. The zero-order valence-corrected chi connectivity index (χ0v) is 33.9. The molecule has 1 aromatic rings. The molecule has 0 bridgehead atoms. The molecule has 48 heavy (non-hydrogen) atoms. The maximum absolute atomic E-state index is 2.60. The molecule has 0 heterocycles. The highest BCUT2D eigenvalue weighted by atomic mass is 15.4. The van der Waals surface area contributed by atoms with Gasteiger partial charge in [-0.1, -0.05) is 237 Å². The Bertz CT molecular complexity index is 743. The van der Waals surface area contributed by atoms with Crippen LogP contribution < -0.4 is 0 Å². The average molecular weight is 669 g/mol. The first-order valence-electron chi connectivity index (χ1n) is 22.6. The first-order chi connectivity index (χ1) is 23.7. The number of quaternary nitrogens is 1. The Morgan fingerprint density at radius 2 is 0.604 bits per heavy atom. The van der Waals surface area contributed by atoms with Crippen LogP contribution in [0, 0.1) is 0 Å². The smallest absolute Gasteiger partial charge is 0.114 e. The first kappa shape index (κ1) is 45.2. The van der Waals surface area contributed by atoms with Gasteiger partial charge in [0.25, 0.3) is 0 Å². The van der Waals surface area contributed by atoms with Crippen molar-refractivity contribution in [2.24, 2.45) is 0 Å². The van der Waals surface area contributed by atoms with Crippen molar-refractivity contribution in [1.29, 1.82) is 0 Å². The monoisotopic (exact) mass is 669 g/mol. The average Bonchev–Trinajstić information content (AvgIpc) is 3.10. The van der Waals surface area contributed by atoms with Gasteiger partial charge >= 0.3 is 0 Å². The number of benzene rings is 1. The number of hydrogen-bond acceptors (Lipinski definition) is 0. The molecule has 0 fully saturated rings. The van der Waals surface area contributed by atoms with Crippen LogP contribution in [-0.4, -0.2) is 24.6 Å². The molecule has 282 valence electrons. The third-order valence-corrected chi connectivity index (χ3v) is 11.6. The molecule has 1 rings (SSSR count). The zero-order chi connectivity index (χ0) is 34.6. The van der Waals surface area contributed by atoms with E-state index in [1.54, 1.807) is 5.56 Å². The molecule has 2 atom stereocenters. The topological polar surface area (TPSA) is 0 Å². The van der Waals surface area contributed by atoms with Gasteiger partial charge in [-0.3, -0.25) is 0 Å². The number of rotatable bonds is 38. The van der Waals surface area contributed by atoms with E-state index in [2.05, 4.69) is 58.2 Å². The van der Waals surface area contributed by atoms with E-state index in [1.165, 1.54) is 236 Å². The van der Waals surface area contributed by atoms with Gasteiger partial charge in [0.1, 0.15) is 6.04 Å². The van der Waals surface area contributed by atoms with Gasteiger partial charge in [0.05, 0.1) is 20.1 Å². The van der Waals surface area contributed by atoms with Crippen molar-refractivity contribution in [3.05, 3.63) is 35.9 Å². The molecule has 0 aromatic heterocycles. The Kier molecular flexibility index (Phi) is 32.6. The molecule has 1 aromatic carbocycles. The molecule has 0 aliphatic heterocycles. The van der Waals surface area contributed by atoms with E-state index >= 15 is 0 Å². The molecule has 0 aliphatic carbocycles. The van der Waals surface area contributed by atoms with Crippen LogP contribution >= 0.6 is 0 Å². The number of unbranched alkanes of at least 4 members (excludes halogenated alkanes) is 31. The quantitative estimate of drug-likeness (QED) is 0.0486. The highest BCUT2D eigenvalue weighted by Gasteiger charge is 2.31. The Morgan fingerprint density at radius 3 is 0.854 bits per heavy atom. The zero-order valence-electron chi connectivity index (χ0n) is 33.9. The third kappa shape index (κ3) is 26.1. The van der Waals surface area contributed by atoms with E-state index in [9.17, 15) is 0 Å². The predicted octanol–water partition coefficient (Wildman–Crippen LogP) is 16.5. The third-order valence-electron chi connectivity index (χ3n) is 11.6. The normalized spacial score (nSPS) is 13.6. The first-order valence-corrected chi connectivity index (χ1v) is 22.6. The molecule has 1 nitrogen and oxygen atoms in total. The maximum Gasteiger partial charge on any atom is 0.114 e. The van der Waals surface area contributed by atoms with Gasteiger partial charge in [0, 0.05) is 12.0 Å². The summed E-state index contributed by atoms with van der Waals surface area (Å²) >= 11 is 0. The van der Waals surface area contributed by atoms with Crippen LogP contribution in [0.2, 0.25) is 0 Å².